The molecule has 1 heterocycles. The quantitative estimate of drug-likeness (QED) is 0.828. The van der Waals surface area contributed by atoms with E-state index in [4.69, 9.17) is 16.3 Å². The van der Waals surface area contributed by atoms with E-state index in [1.165, 1.54) is 11.3 Å². The molecule has 0 aliphatic rings. The van der Waals surface area contributed by atoms with Crippen LogP contribution >= 0.6 is 38.9 Å². The third kappa shape index (κ3) is 2.33. The third-order valence-corrected chi connectivity index (χ3v) is 3.52. The summed E-state index contributed by atoms with van der Waals surface area (Å²) < 4.78 is 6.61. The minimum absolute atomic E-state index is 0.553. The van der Waals surface area contributed by atoms with Gasteiger partial charge < -0.3 is 4.74 Å². The van der Waals surface area contributed by atoms with Crippen molar-refractivity contribution in [1.82, 2.24) is 4.98 Å². The van der Waals surface area contributed by atoms with E-state index in [9.17, 15) is 0 Å². The molecule has 0 spiro atoms. The molecule has 78 valence electrons. The fourth-order valence-electron chi connectivity index (χ4n) is 1.21. The van der Waals surface area contributed by atoms with Crippen LogP contribution in [0.4, 0.5) is 0 Å². The van der Waals surface area contributed by atoms with Crippen molar-refractivity contribution >= 4 is 38.9 Å². The van der Waals surface area contributed by atoms with Gasteiger partial charge in [-0.3, -0.25) is 0 Å². The van der Waals surface area contributed by atoms with Crippen LogP contribution in [0.3, 0.4) is 0 Å². The monoisotopic (exact) mass is 303 g/mol. The SMILES string of the molecule is COc1ccc(-c2csc(Cl)n2)cc1Br. The van der Waals surface area contributed by atoms with E-state index in [2.05, 4.69) is 20.9 Å². The minimum atomic E-state index is 0.553. The minimum Gasteiger partial charge on any atom is -0.496 e. The zero-order chi connectivity index (χ0) is 10.8. The topological polar surface area (TPSA) is 22.1 Å². The predicted molar refractivity (Wildman–Crippen MR) is 66.8 cm³/mol. The summed E-state index contributed by atoms with van der Waals surface area (Å²) in [5.41, 5.74) is 1.90. The van der Waals surface area contributed by atoms with Gasteiger partial charge in [-0.05, 0) is 34.1 Å². The van der Waals surface area contributed by atoms with Gasteiger partial charge in [0.15, 0.2) is 4.47 Å². The summed E-state index contributed by atoms with van der Waals surface area (Å²) >= 11 is 10.6. The third-order valence-electron chi connectivity index (χ3n) is 1.92. The molecule has 0 saturated heterocycles. The van der Waals surface area contributed by atoms with Crippen LogP contribution in [-0.2, 0) is 0 Å². The van der Waals surface area contributed by atoms with Gasteiger partial charge >= 0.3 is 0 Å². The zero-order valence-corrected chi connectivity index (χ0v) is 11.0. The molecular formula is C10H7BrClNOS. The van der Waals surface area contributed by atoms with Gasteiger partial charge in [-0.25, -0.2) is 4.98 Å². The summed E-state index contributed by atoms with van der Waals surface area (Å²) in [5.74, 6) is 0.806. The van der Waals surface area contributed by atoms with Crippen LogP contribution in [-0.4, -0.2) is 12.1 Å². The lowest BCUT2D eigenvalue weighted by Gasteiger charge is -2.04. The molecule has 1 aromatic heterocycles. The lowest BCUT2D eigenvalue weighted by atomic mass is 10.2. The molecule has 0 fully saturated rings. The number of methoxy groups -OCH3 is 1. The molecular weight excluding hydrogens is 298 g/mol. The lowest BCUT2D eigenvalue weighted by molar-refractivity contribution is 0.412. The molecule has 0 aliphatic heterocycles. The Labute approximate surface area is 105 Å². The van der Waals surface area contributed by atoms with Crippen molar-refractivity contribution in [1.29, 1.82) is 0 Å². The zero-order valence-electron chi connectivity index (χ0n) is 7.83. The van der Waals surface area contributed by atoms with Gasteiger partial charge in [0, 0.05) is 10.9 Å². The highest BCUT2D eigenvalue weighted by atomic mass is 79.9. The Bertz CT molecular complexity index is 486. The van der Waals surface area contributed by atoms with Gasteiger partial charge in [-0.15, -0.1) is 11.3 Å². The van der Waals surface area contributed by atoms with Crippen LogP contribution in [0, 0.1) is 0 Å². The second-order valence-corrected chi connectivity index (χ2v) is 5.13. The molecule has 15 heavy (non-hydrogen) atoms. The average Bonchev–Trinajstić information content (AvgIpc) is 2.65. The predicted octanol–water partition coefficient (Wildman–Crippen LogP) is 4.23. The van der Waals surface area contributed by atoms with Crippen molar-refractivity contribution in [3.05, 3.63) is 32.5 Å². The maximum absolute atomic E-state index is 5.78. The van der Waals surface area contributed by atoms with Gasteiger partial charge in [0.05, 0.1) is 17.3 Å². The molecule has 2 nitrogen and oxygen atoms in total. The van der Waals surface area contributed by atoms with Crippen LogP contribution in [0.2, 0.25) is 4.47 Å². The van der Waals surface area contributed by atoms with Crippen molar-refractivity contribution in [2.24, 2.45) is 0 Å². The van der Waals surface area contributed by atoms with Crippen LogP contribution < -0.4 is 4.74 Å². The molecule has 2 rings (SSSR count). The fraction of sp³-hybridized carbons (Fsp3) is 0.100. The van der Waals surface area contributed by atoms with Crippen molar-refractivity contribution in [3.8, 4) is 17.0 Å². The Balaban J connectivity index is 2.42. The Morgan fingerprint density at radius 2 is 2.27 bits per heavy atom. The molecule has 0 unspecified atom stereocenters. The standard InChI is InChI=1S/C10H7BrClNOS/c1-14-9-3-2-6(4-7(9)11)8-5-15-10(12)13-8/h2-5H,1H3. The van der Waals surface area contributed by atoms with E-state index < -0.39 is 0 Å². The highest BCUT2D eigenvalue weighted by Crippen LogP contribution is 2.31. The molecule has 0 atom stereocenters. The van der Waals surface area contributed by atoms with Gasteiger partial charge in [0.25, 0.3) is 0 Å². The second-order valence-electron chi connectivity index (χ2n) is 2.84. The van der Waals surface area contributed by atoms with Gasteiger partial charge in [-0.1, -0.05) is 11.6 Å². The van der Waals surface area contributed by atoms with Crippen LogP contribution in [0.1, 0.15) is 0 Å². The van der Waals surface area contributed by atoms with E-state index in [0.717, 1.165) is 21.5 Å². The average molecular weight is 305 g/mol. The Kier molecular flexibility index (Phi) is 3.29. The van der Waals surface area contributed by atoms with Crippen LogP contribution in [0.25, 0.3) is 11.3 Å². The molecule has 0 bridgehead atoms. The van der Waals surface area contributed by atoms with E-state index in [0.29, 0.717) is 4.47 Å². The number of hydrogen-bond donors (Lipinski definition) is 0. The summed E-state index contributed by atoms with van der Waals surface area (Å²) in [4.78, 5) is 4.20. The highest BCUT2D eigenvalue weighted by Gasteiger charge is 2.06. The molecule has 2 aromatic rings. The summed E-state index contributed by atoms with van der Waals surface area (Å²) in [5, 5.41) is 1.93. The number of rotatable bonds is 2. The molecule has 0 saturated carbocycles. The van der Waals surface area contributed by atoms with Crippen molar-refractivity contribution < 1.29 is 4.74 Å². The van der Waals surface area contributed by atoms with Crippen molar-refractivity contribution in [2.45, 2.75) is 0 Å². The fourth-order valence-corrected chi connectivity index (χ4v) is 2.52. The first kappa shape index (κ1) is 10.9. The number of halogens is 2. The Morgan fingerprint density at radius 1 is 1.47 bits per heavy atom. The van der Waals surface area contributed by atoms with E-state index in [1.54, 1.807) is 7.11 Å². The molecule has 0 radical (unpaired) electrons. The lowest BCUT2D eigenvalue weighted by Crippen LogP contribution is -1.85. The number of benzene rings is 1. The smallest absolute Gasteiger partial charge is 0.184 e. The van der Waals surface area contributed by atoms with Crippen molar-refractivity contribution in [3.63, 3.8) is 0 Å². The molecule has 0 amide bonds. The van der Waals surface area contributed by atoms with E-state index in [1.807, 2.05) is 23.6 Å². The highest BCUT2D eigenvalue weighted by molar-refractivity contribution is 9.10. The summed E-state index contributed by atoms with van der Waals surface area (Å²) in [6, 6.07) is 5.81. The number of nitrogens with zero attached hydrogens (tertiary/aromatic N) is 1. The molecule has 5 heteroatoms. The number of aromatic nitrogens is 1. The summed E-state index contributed by atoms with van der Waals surface area (Å²) in [6.45, 7) is 0. The molecule has 1 aromatic carbocycles. The second kappa shape index (κ2) is 4.51. The maximum Gasteiger partial charge on any atom is 0.184 e. The number of ether oxygens (including phenoxy) is 1. The van der Waals surface area contributed by atoms with Gasteiger partial charge in [-0.2, -0.15) is 0 Å². The van der Waals surface area contributed by atoms with Gasteiger partial charge in [0.1, 0.15) is 5.75 Å². The van der Waals surface area contributed by atoms with Crippen LogP contribution in [0.5, 0.6) is 5.75 Å². The van der Waals surface area contributed by atoms with Crippen LogP contribution in [0.15, 0.2) is 28.1 Å². The summed E-state index contributed by atoms with van der Waals surface area (Å²) in [6.07, 6.45) is 0. The Hall–Kier alpha value is -0.580. The van der Waals surface area contributed by atoms with Crippen molar-refractivity contribution in [2.75, 3.05) is 7.11 Å². The Morgan fingerprint density at radius 3 is 2.80 bits per heavy atom. The first-order chi connectivity index (χ1) is 7.20. The van der Waals surface area contributed by atoms with Gasteiger partial charge in [0.2, 0.25) is 0 Å². The number of thiazole rings is 1. The maximum atomic E-state index is 5.78. The largest absolute Gasteiger partial charge is 0.496 e. The first-order valence-corrected chi connectivity index (χ1v) is 6.20. The molecule has 0 N–H and O–H groups in total. The first-order valence-electron chi connectivity index (χ1n) is 4.15. The molecule has 0 aliphatic carbocycles. The van der Waals surface area contributed by atoms with E-state index >= 15 is 0 Å². The van der Waals surface area contributed by atoms with E-state index in [-0.39, 0.29) is 0 Å². The normalized spacial score (nSPS) is 10.3. The number of hydrogen-bond acceptors (Lipinski definition) is 3. The summed E-state index contributed by atoms with van der Waals surface area (Å²) in [7, 11) is 1.64.